The van der Waals surface area contributed by atoms with Gasteiger partial charge in [0.25, 0.3) is 0 Å². The first kappa shape index (κ1) is 15.7. The molecule has 1 rings (SSSR count). The molecule has 0 aromatic heterocycles. The fraction of sp³-hybridized carbons (Fsp3) is 0.417. The van der Waals surface area contributed by atoms with Crippen molar-refractivity contribution in [2.75, 3.05) is 13.7 Å². The molecule has 96 valence electrons. The van der Waals surface area contributed by atoms with Crippen molar-refractivity contribution in [1.29, 1.82) is 0 Å². The molecule has 17 heavy (non-hydrogen) atoms. The summed E-state index contributed by atoms with van der Waals surface area (Å²) >= 11 is 0. The molecule has 0 saturated carbocycles. The van der Waals surface area contributed by atoms with Crippen molar-refractivity contribution < 1.29 is 14.3 Å². The number of ether oxygens (including phenoxy) is 2. The molecule has 0 fully saturated rings. The molecule has 1 atom stereocenters. The largest absolute Gasteiger partial charge is 0.497 e. The summed E-state index contributed by atoms with van der Waals surface area (Å²) in [6.45, 7) is 2.12. The highest BCUT2D eigenvalue weighted by Crippen LogP contribution is 2.12. The lowest BCUT2D eigenvalue weighted by Crippen LogP contribution is -2.34. The lowest BCUT2D eigenvalue weighted by molar-refractivity contribution is -0.144. The van der Waals surface area contributed by atoms with Crippen molar-refractivity contribution in [3.8, 4) is 5.75 Å². The maximum atomic E-state index is 11.3. The van der Waals surface area contributed by atoms with Crippen LogP contribution in [0.4, 0.5) is 0 Å². The van der Waals surface area contributed by atoms with Crippen LogP contribution in [0.25, 0.3) is 0 Å². The van der Waals surface area contributed by atoms with Gasteiger partial charge in [-0.15, -0.1) is 12.4 Å². The Hall–Kier alpha value is -1.26. The molecule has 4 nitrogen and oxygen atoms in total. The standard InChI is InChI=1S/C12H17NO3.ClH/c1-3-16-12(14)11(13)8-9-4-6-10(15-2)7-5-9;/h4-7,11H,3,8,13H2,1-2H3;1H. The molecule has 0 bridgehead atoms. The van der Waals surface area contributed by atoms with Gasteiger partial charge in [-0.05, 0) is 31.0 Å². The third-order valence-corrected chi connectivity index (χ3v) is 2.20. The smallest absolute Gasteiger partial charge is 0.323 e. The van der Waals surface area contributed by atoms with Gasteiger partial charge in [-0.2, -0.15) is 0 Å². The quantitative estimate of drug-likeness (QED) is 0.815. The van der Waals surface area contributed by atoms with Crippen molar-refractivity contribution in [2.45, 2.75) is 19.4 Å². The van der Waals surface area contributed by atoms with Crippen LogP contribution in [0, 0.1) is 0 Å². The predicted octanol–water partition coefficient (Wildman–Crippen LogP) is 1.55. The van der Waals surface area contributed by atoms with E-state index in [2.05, 4.69) is 0 Å². The van der Waals surface area contributed by atoms with Gasteiger partial charge in [-0.1, -0.05) is 12.1 Å². The normalized spacial score (nSPS) is 11.2. The minimum atomic E-state index is -0.603. The van der Waals surface area contributed by atoms with Gasteiger partial charge in [0.15, 0.2) is 0 Å². The number of esters is 1. The third-order valence-electron chi connectivity index (χ3n) is 2.20. The highest BCUT2D eigenvalue weighted by molar-refractivity contribution is 5.85. The highest BCUT2D eigenvalue weighted by Gasteiger charge is 2.14. The first-order valence-corrected chi connectivity index (χ1v) is 5.22. The Morgan fingerprint density at radius 1 is 1.35 bits per heavy atom. The molecule has 1 aromatic rings. The Morgan fingerprint density at radius 2 is 1.94 bits per heavy atom. The molecule has 0 spiro atoms. The van der Waals surface area contributed by atoms with Crippen LogP contribution in [0.15, 0.2) is 24.3 Å². The zero-order chi connectivity index (χ0) is 12.0. The molecular formula is C12H18ClNO3. The van der Waals surface area contributed by atoms with Crippen LogP contribution >= 0.6 is 12.4 Å². The van der Waals surface area contributed by atoms with Crippen molar-refractivity contribution >= 4 is 18.4 Å². The Bertz CT molecular complexity index is 340. The topological polar surface area (TPSA) is 61.5 Å². The van der Waals surface area contributed by atoms with E-state index in [0.717, 1.165) is 11.3 Å². The van der Waals surface area contributed by atoms with E-state index >= 15 is 0 Å². The Morgan fingerprint density at radius 3 is 2.41 bits per heavy atom. The number of benzene rings is 1. The summed E-state index contributed by atoms with van der Waals surface area (Å²) in [7, 11) is 1.61. The highest BCUT2D eigenvalue weighted by atomic mass is 35.5. The Kier molecular flexibility index (Phi) is 7.34. The van der Waals surface area contributed by atoms with Crippen LogP contribution in [-0.4, -0.2) is 25.7 Å². The van der Waals surface area contributed by atoms with E-state index in [-0.39, 0.29) is 18.4 Å². The average molecular weight is 260 g/mol. The van der Waals surface area contributed by atoms with Crippen LogP contribution in [0.2, 0.25) is 0 Å². The summed E-state index contributed by atoms with van der Waals surface area (Å²) in [5, 5.41) is 0. The molecule has 0 saturated heterocycles. The first-order valence-electron chi connectivity index (χ1n) is 5.22. The number of hydrogen-bond donors (Lipinski definition) is 1. The van der Waals surface area contributed by atoms with Gasteiger partial charge >= 0.3 is 5.97 Å². The van der Waals surface area contributed by atoms with Crippen molar-refractivity contribution in [2.24, 2.45) is 5.73 Å². The van der Waals surface area contributed by atoms with Gasteiger partial charge in [-0.3, -0.25) is 4.79 Å². The summed E-state index contributed by atoms with van der Waals surface area (Å²) in [5.41, 5.74) is 6.69. The summed E-state index contributed by atoms with van der Waals surface area (Å²) in [6.07, 6.45) is 0.475. The minimum Gasteiger partial charge on any atom is -0.497 e. The summed E-state index contributed by atoms with van der Waals surface area (Å²) in [6, 6.07) is 6.85. The molecule has 0 heterocycles. The molecule has 0 aliphatic heterocycles. The number of rotatable bonds is 5. The molecule has 0 amide bonds. The minimum absolute atomic E-state index is 0. The Balaban J connectivity index is 0.00000256. The summed E-state index contributed by atoms with van der Waals surface area (Å²) in [4.78, 5) is 11.3. The zero-order valence-corrected chi connectivity index (χ0v) is 10.8. The molecular weight excluding hydrogens is 242 g/mol. The molecule has 0 radical (unpaired) electrons. The maximum Gasteiger partial charge on any atom is 0.323 e. The second kappa shape index (κ2) is 7.92. The van der Waals surface area contributed by atoms with Crippen LogP contribution in [0.1, 0.15) is 12.5 Å². The number of hydrogen-bond acceptors (Lipinski definition) is 4. The van der Waals surface area contributed by atoms with E-state index in [4.69, 9.17) is 15.2 Å². The first-order chi connectivity index (χ1) is 7.67. The van der Waals surface area contributed by atoms with Crippen LogP contribution < -0.4 is 10.5 Å². The maximum absolute atomic E-state index is 11.3. The van der Waals surface area contributed by atoms with Gasteiger partial charge < -0.3 is 15.2 Å². The molecule has 2 N–H and O–H groups in total. The number of carbonyl (C=O) groups excluding carboxylic acids is 1. The molecule has 1 aromatic carbocycles. The van der Waals surface area contributed by atoms with E-state index in [0.29, 0.717) is 13.0 Å². The van der Waals surface area contributed by atoms with E-state index in [1.807, 2.05) is 24.3 Å². The molecule has 1 unspecified atom stereocenters. The summed E-state index contributed by atoms with van der Waals surface area (Å²) < 4.78 is 9.87. The van der Waals surface area contributed by atoms with Crippen molar-refractivity contribution in [3.05, 3.63) is 29.8 Å². The number of nitrogens with two attached hydrogens (primary N) is 1. The van der Waals surface area contributed by atoms with E-state index in [1.54, 1.807) is 14.0 Å². The van der Waals surface area contributed by atoms with Gasteiger partial charge in [0.05, 0.1) is 13.7 Å². The molecule has 0 aliphatic carbocycles. The van der Waals surface area contributed by atoms with Crippen LogP contribution in [-0.2, 0) is 16.0 Å². The second-order valence-corrected chi connectivity index (χ2v) is 3.41. The second-order valence-electron chi connectivity index (χ2n) is 3.41. The van der Waals surface area contributed by atoms with Gasteiger partial charge in [0, 0.05) is 0 Å². The SMILES string of the molecule is CCOC(=O)C(N)Cc1ccc(OC)cc1.Cl. The monoisotopic (exact) mass is 259 g/mol. The van der Waals surface area contributed by atoms with Gasteiger partial charge in [0.1, 0.15) is 11.8 Å². The zero-order valence-electron chi connectivity index (χ0n) is 10.0. The molecule has 5 heteroatoms. The van der Waals surface area contributed by atoms with E-state index in [9.17, 15) is 4.79 Å². The summed E-state index contributed by atoms with van der Waals surface area (Å²) in [5.74, 6) is 0.423. The van der Waals surface area contributed by atoms with E-state index < -0.39 is 6.04 Å². The van der Waals surface area contributed by atoms with Gasteiger partial charge in [0.2, 0.25) is 0 Å². The van der Waals surface area contributed by atoms with E-state index in [1.165, 1.54) is 0 Å². The third kappa shape index (κ3) is 5.06. The number of carbonyl (C=O) groups is 1. The number of methoxy groups -OCH3 is 1. The molecule has 0 aliphatic rings. The number of halogens is 1. The predicted molar refractivity (Wildman–Crippen MR) is 68.6 cm³/mol. The van der Waals surface area contributed by atoms with Crippen LogP contribution in [0.5, 0.6) is 5.75 Å². The van der Waals surface area contributed by atoms with Crippen molar-refractivity contribution in [3.63, 3.8) is 0 Å². The van der Waals surface area contributed by atoms with Crippen LogP contribution in [0.3, 0.4) is 0 Å². The Labute approximate surface area is 108 Å². The van der Waals surface area contributed by atoms with Gasteiger partial charge in [-0.25, -0.2) is 0 Å². The lowest BCUT2D eigenvalue weighted by atomic mass is 10.1. The fourth-order valence-corrected chi connectivity index (χ4v) is 1.35. The van der Waals surface area contributed by atoms with Crippen molar-refractivity contribution in [1.82, 2.24) is 0 Å². The lowest BCUT2D eigenvalue weighted by Gasteiger charge is -2.10. The average Bonchev–Trinajstić information content (AvgIpc) is 2.30. The fourth-order valence-electron chi connectivity index (χ4n) is 1.35.